The van der Waals surface area contributed by atoms with Gasteiger partial charge in [0.2, 0.25) is 5.95 Å². The van der Waals surface area contributed by atoms with Gasteiger partial charge in [0.25, 0.3) is 0 Å². The molecule has 0 aliphatic carbocycles. The molecule has 1 aromatic heterocycles. The summed E-state index contributed by atoms with van der Waals surface area (Å²) in [5, 5.41) is 0. The van der Waals surface area contributed by atoms with Crippen LogP contribution in [0.3, 0.4) is 0 Å². The number of ether oxygens (including phenoxy) is 2. The summed E-state index contributed by atoms with van der Waals surface area (Å²) >= 11 is 0. The number of nitrogen functional groups attached to an aromatic ring is 1. The third-order valence-electron chi connectivity index (χ3n) is 4.33. The minimum atomic E-state index is 0.326. The highest BCUT2D eigenvalue weighted by Crippen LogP contribution is 2.25. The van der Waals surface area contributed by atoms with Gasteiger partial charge in [-0.15, -0.1) is 0 Å². The highest BCUT2D eigenvalue weighted by atomic mass is 16.5. The molecule has 0 bridgehead atoms. The molecule has 0 unspecified atom stereocenters. The van der Waals surface area contributed by atoms with Gasteiger partial charge in [0.15, 0.2) is 0 Å². The van der Waals surface area contributed by atoms with Crippen LogP contribution in [0.1, 0.15) is 18.4 Å². The summed E-state index contributed by atoms with van der Waals surface area (Å²) in [7, 11) is 1.66. The van der Waals surface area contributed by atoms with E-state index in [2.05, 4.69) is 14.9 Å². The van der Waals surface area contributed by atoms with Gasteiger partial charge in [0.1, 0.15) is 17.3 Å². The highest BCUT2D eigenvalue weighted by Gasteiger charge is 2.23. The Bertz CT molecular complexity index is 675. The third kappa shape index (κ3) is 3.88. The molecule has 1 aromatic carbocycles. The number of anilines is 2. The summed E-state index contributed by atoms with van der Waals surface area (Å²) < 4.78 is 11.1. The zero-order valence-electron chi connectivity index (χ0n) is 14.2. The van der Waals surface area contributed by atoms with Gasteiger partial charge in [-0.05, 0) is 44.0 Å². The second kappa shape index (κ2) is 7.38. The lowest BCUT2D eigenvalue weighted by Crippen LogP contribution is -2.38. The number of aromatic nitrogens is 2. The molecule has 2 N–H and O–H groups in total. The number of hydrogen-bond acceptors (Lipinski definition) is 6. The molecule has 0 amide bonds. The van der Waals surface area contributed by atoms with Crippen LogP contribution in [0.4, 0.5) is 11.8 Å². The van der Waals surface area contributed by atoms with Crippen molar-refractivity contribution in [2.75, 3.05) is 37.4 Å². The minimum absolute atomic E-state index is 0.326. The van der Waals surface area contributed by atoms with E-state index in [9.17, 15) is 0 Å². The average molecular weight is 328 g/mol. The largest absolute Gasteiger partial charge is 0.497 e. The number of piperidine rings is 1. The van der Waals surface area contributed by atoms with E-state index in [0.29, 0.717) is 18.5 Å². The monoisotopic (exact) mass is 328 g/mol. The number of aryl methyl sites for hydroxylation is 1. The molecule has 1 atom stereocenters. The van der Waals surface area contributed by atoms with Crippen molar-refractivity contribution in [3.05, 3.63) is 36.0 Å². The van der Waals surface area contributed by atoms with Crippen molar-refractivity contribution < 1.29 is 9.47 Å². The fourth-order valence-corrected chi connectivity index (χ4v) is 3.05. The van der Waals surface area contributed by atoms with Gasteiger partial charge in [-0.2, -0.15) is 4.98 Å². The summed E-state index contributed by atoms with van der Waals surface area (Å²) in [5.74, 6) is 3.44. The molecule has 3 rings (SSSR count). The second-order valence-electron chi connectivity index (χ2n) is 6.18. The summed E-state index contributed by atoms with van der Waals surface area (Å²) in [5.41, 5.74) is 6.80. The first-order valence-corrected chi connectivity index (χ1v) is 8.26. The Hall–Kier alpha value is -2.50. The minimum Gasteiger partial charge on any atom is -0.497 e. The Morgan fingerprint density at radius 1 is 1.25 bits per heavy atom. The van der Waals surface area contributed by atoms with Crippen molar-refractivity contribution in [3.8, 4) is 11.5 Å². The fraction of sp³-hybridized carbons (Fsp3) is 0.444. The predicted molar refractivity (Wildman–Crippen MR) is 94.6 cm³/mol. The molecule has 0 radical (unpaired) electrons. The maximum absolute atomic E-state index is 5.94. The van der Waals surface area contributed by atoms with Gasteiger partial charge in [0, 0.05) is 30.8 Å². The van der Waals surface area contributed by atoms with Crippen molar-refractivity contribution in [1.29, 1.82) is 0 Å². The van der Waals surface area contributed by atoms with Gasteiger partial charge >= 0.3 is 0 Å². The zero-order valence-corrected chi connectivity index (χ0v) is 14.2. The number of methoxy groups -OCH3 is 1. The first-order valence-electron chi connectivity index (χ1n) is 8.26. The number of nitrogens with zero attached hydrogens (tertiary/aromatic N) is 3. The van der Waals surface area contributed by atoms with Gasteiger partial charge in [-0.3, -0.25) is 0 Å². The van der Waals surface area contributed by atoms with Crippen LogP contribution in [-0.4, -0.2) is 36.8 Å². The van der Waals surface area contributed by atoms with Crippen molar-refractivity contribution in [3.63, 3.8) is 0 Å². The van der Waals surface area contributed by atoms with E-state index in [1.54, 1.807) is 13.3 Å². The molecule has 0 saturated carbocycles. The van der Waals surface area contributed by atoms with Crippen LogP contribution < -0.4 is 20.1 Å². The lowest BCUT2D eigenvalue weighted by atomic mass is 9.98. The molecule has 1 aliphatic heterocycles. The maximum Gasteiger partial charge on any atom is 0.221 e. The van der Waals surface area contributed by atoms with E-state index in [-0.39, 0.29) is 0 Å². The summed E-state index contributed by atoms with van der Waals surface area (Å²) in [4.78, 5) is 10.7. The molecule has 1 saturated heterocycles. The third-order valence-corrected chi connectivity index (χ3v) is 4.33. The molecular formula is C18H24N4O2. The molecular weight excluding hydrogens is 304 g/mol. The predicted octanol–water partition coefficient (Wildman–Crippen LogP) is 2.67. The zero-order chi connectivity index (χ0) is 16.9. The summed E-state index contributed by atoms with van der Waals surface area (Å²) in [6.45, 7) is 4.64. The fourth-order valence-electron chi connectivity index (χ4n) is 3.05. The van der Waals surface area contributed by atoms with E-state index in [4.69, 9.17) is 15.2 Å². The molecule has 128 valence electrons. The molecule has 1 aliphatic rings. The van der Waals surface area contributed by atoms with Gasteiger partial charge in [-0.25, -0.2) is 4.98 Å². The van der Waals surface area contributed by atoms with Crippen molar-refractivity contribution in [2.24, 2.45) is 5.92 Å². The normalized spacial score (nSPS) is 17.6. The highest BCUT2D eigenvalue weighted by molar-refractivity contribution is 5.48. The number of rotatable bonds is 5. The summed E-state index contributed by atoms with van der Waals surface area (Å²) in [6.07, 6.45) is 4.07. The first-order chi connectivity index (χ1) is 11.7. The van der Waals surface area contributed by atoms with Crippen LogP contribution in [0.2, 0.25) is 0 Å². The lowest BCUT2D eigenvalue weighted by Gasteiger charge is -2.34. The quantitative estimate of drug-likeness (QED) is 0.909. The van der Waals surface area contributed by atoms with E-state index < -0.39 is 0 Å². The van der Waals surface area contributed by atoms with Crippen LogP contribution in [0.15, 0.2) is 30.5 Å². The summed E-state index contributed by atoms with van der Waals surface area (Å²) in [6, 6.07) is 7.70. The Balaban J connectivity index is 1.60. The first kappa shape index (κ1) is 16.4. The van der Waals surface area contributed by atoms with Gasteiger partial charge in [-0.1, -0.05) is 0 Å². The molecule has 24 heavy (non-hydrogen) atoms. The Kier molecular flexibility index (Phi) is 5.03. The van der Waals surface area contributed by atoms with Gasteiger partial charge in [0.05, 0.1) is 13.7 Å². The SMILES string of the molecule is COc1ccc(OC[C@H]2CCCN(c3nc(N)ncc3C)C2)cc1. The molecule has 2 heterocycles. The molecule has 1 fully saturated rings. The van der Waals surface area contributed by atoms with Gasteiger partial charge < -0.3 is 20.1 Å². The van der Waals surface area contributed by atoms with Crippen LogP contribution in [0.25, 0.3) is 0 Å². The van der Waals surface area contributed by atoms with Crippen LogP contribution in [-0.2, 0) is 0 Å². The van der Waals surface area contributed by atoms with Crippen LogP contribution in [0, 0.1) is 12.8 Å². The Morgan fingerprint density at radius 3 is 2.75 bits per heavy atom. The topological polar surface area (TPSA) is 73.5 Å². The standard InChI is InChI=1S/C18H24N4O2/c1-13-10-20-18(19)21-17(13)22-9-3-4-14(11-22)12-24-16-7-5-15(23-2)6-8-16/h5-8,10,14H,3-4,9,11-12H2,1-2H3,(H2,19,20,21)/t14-/m0/s1. The lowest BCUT2D eigenvalue weighted by molar-refractivity contribution is 0.228. The van der Waals surface area contributed by atoms with Crippen molar-refractivity contribution in [2.45, 2.75) is 19.8 Å². The smallest absolute Gasteiger partial charge is 0.221 e. The van der Waals surface area contributed by atoms with E-state index in [0.717, 1.165) is 48.8 Å². The number of nitrogens with two attached hydrogens (primary N) is 1. The van der Waals surface area contributed by atoms with Crippen molar-refractivity contribution >= 4 is 11.8 Å². The Morgan fingerprint density at radius 2 is 2.00 bits per heavy atom. The van der Waals surface area contributed by atoms with E-state index >= 15 is 0 Å². The molecule has 0 spiro atoms. The average Bonchev–Trinajstić information content (AvgIpc) is 2.62. The Labute approximate surface area is 142 Å². The van der Waals surface area contributed by atoms with E-state index in [1.165, 1.54) is 0 Å². The maximum atomic E-state index is 5.94. The number of hydrogen-bond donors (Lipinski definition) is 1. The van der Waals surface area contributed by atoms with E-state index in [1.807, 2.05) is 31.2 Å². The molecule has 2 aromatic rings. The van der Waals surface area contributed by atoms with Crippen molar-refractivity contribution in [1.82, 2.24) is 9.97 Å². The second-order valence-corrected chi connectivity index (χ2v) is 6.18. The number of benzene rings is 1. The molecule has 6 heteroatoms. The molecule has 6 nitrogen and oxygen atoms in total. The van der Waals surface area contributed by atoms with Crippen LogP contribution >= 0.6 is 0 Å². The van der Waals surface area contributed by atoms with Crippen LogP contribution in [0.5, 0.6) is 11.5 Å².